The first-order valence-corrected chi connectivity index (χ1v) is 5.43. The lowest BCUT2D eigenvalue weighted by Gasteiger charge is -2.36. The van der Waals surface area contributed by atoms with Gasteiger partial charge in [0.25, 0.3) is 0 Å². The highest BCUT2D eigenvalue weighted by Crippen LogP contribution is 2.14. The zero-order valence-corrected chi connectivity index (χ0v) is 9.18. The second-order valence-electron chi connectivity index (χ2n) is 4.08. The van der Waals surface area contributed by atoms with Crippen LogP contribution in [0.1, 0.15) is 33.1 Å². The highest BCUT2D eigenvalue weighted by molar-refractivity contribution is 5.74. The predicted octanol–water partition coefficient (Wildman–Crippen LogP) is 0.919. The predicted molar refractivity (Wildman–Crippen MR) is 57.1 cm³/mol. The molecule has 82 valence electrons. The zero-order chi connectivity index (χ0) is 10.6. The van der Waals surface area contributed by atoms with Gasteiger partial charge in [-0.05, 0) is 19.3 Å². The van der Waals surface area contributed by atoms with Crippen molar-refractivity contribution in [3.8, 4) is 0 Å². The Morgan fingerprint density at radius 2 is 2.14 bits per heavy atom. The molecule has 1 heterocycles. The van der Waals surface area contributed by atoms with E-state index in [1.807, 2.05) is 4.90 Å². The molecule has 1 aliphatic heterocycles. The van der Waals surface area contributed by atoms with Gasteiger partial charge in [-0.1, -0.05) is 13.8 Å². The van der Waals surface area contributed by atoms with E-state index in [9.17, 15) is 4.79 Å². The lowest BCUT2D eigenvalue weighted by Crippen LogP contribution is -2.55. The highest BCUT2D eigenvalue weighted by atomic mass is 16.2. The van der Waals surface area contributed by atoms with Gasteiger partial charge in [-0.25, -0.2) is 4.79 Å². The SMILES string of the molecule is CCC(N)(CC)CN1CCCNC1=O. The van der Waals surface area contributed by atoms with E-state index < -0.39 is 0 Å². The van der Waals surface area contributed by atoms with Gasteiger partial charge >= 0.3 is 6.03 Å². The Morgan fingerprint density at radius 3 is 2.64 bits per heavy atom. The molecule has 1 fully saturated rings. The molecule has 0 radical (unpaired) electrons. The van der Waals surface area contributed by atoms with Crippen molar-refractivity contribution in [2.45, 2.75) is 38.6 Å². The first-order chi connectivity index (χ1) is 6.61. The van der Waals surface area contributed by atoms with E-state index in [1.165, 1.54) is 0 Å². The fourth-order valence-corrected chi connectivity index (χ4v) is 1.68. The Hall–Kier alpha value is -0.770. The van der Waals surface area contributed by atoms with E-state index in [4.69, 9.17) is 5.73 Å². The number of urea groups is 1. The van der Waals surface area contributed by atoms with Crippen molar-refractivity contribution < 1.29 is 4.79 Å². The molecule has 0 aromatic rings. The summed E-state index contributed by atoms with van der Waals surface area (Å²) in [6, 6.07) is 0.0352. The summed E-state index contributed by atoms with van der Waals surface area (Å²) in [5.41, 5.74) is 5.95. The molecule has 0 atom stereocenters. The summed E-state index contributed by atoms with van der Waals surface area (Å²) in [5.74, 6) is 0. The zero-order valence-electron chi connectivity index (χ0n) is 9.18. The first kappa shape index (κ1) is 11.3. The maximum absolute atomic E-state index is 11.5. The van der Waals surface area contributed by atoms with Crippen LogP contribution in [0.3, 0.4) is 0 Å². The average molecular weight is 199 g/mol. The number of hydrogen-bond donors (Lipinski definition) is 2. The number of rotatable bonds is 4. The topological polar surface area (TPSA) is 58.4 Å². The van der Waals surface area contributed by atoms with Crippen LogP contribution in [0.2, 0.25) is 0 Å². The van der Waals surface area contributed by atoms with Crippen molar-refractivity contribution in [1.29, 1.82) is 0 Å². The molecule has 1 aliphatic rings. The van der Waals surface area contributed by atoms with Crippen molar-refractivity contribution in [2.75, 3.05) is 19.6 Å². The largest absolute Gasteiger partial charge is 0.338 e. The molecule has 0 spiro atoms. The minimum Gasteiger partial charge on any atom is -0.338 e. The molecule has 3 N–H and O–H groups in total. The van der Waals surface area contributed by atoms with Gasteiger partial charge in [0.15, 0.2) is 0 Å². The molecule has 14 heavy (non-hydrogen) atoms. The number of nitrogens with one attached hydrogen (secondary N) is 1. The van der Waals surface area contributed by atoms with Crippen LogP contribution in [0.5, 0.6) is 0 Å². The van der Waals surface area contributed by atoms with E-state index in [0.717, 1.165) is 32.4 Å². The lowest BCUT2D eigenvalue weighted by molar-refractivity contribution is 0.165. The number of nitrogens with zero attached hydrogens (tertiary/aromatic N) is 1. The van der Waals surface area contributed by atoms with Crippen molar-refractivity contribution in [3.05, 3.63) is 0 Å². The summed E-state index contributed by atoms with van der Waals surface area (Å²) in [6.07, 6.45) is 2.84. The van der Waals surface area contributed by atoms with E-state index in [0.29, 0.717) is 6.54 Å². The second kappa shape index (κ2) is 4.64. The van der Waals surface area contributed by atoms with Crippen molar-refractivity contribution in [2.24, 2.45) is 5.73 Å². The average Bonchev–Trinajstić information content (AvgIpc) is 2.21. The Morgan fingerprint density at radius 1 is 1.50 bits per heavy atom. The van der Waals surface area contributed by atoms with Crippen LogP contribution in [-0.4, -0.2) is 36.1 Å². The molecule has 0 aliphatic carbocycles. The van der Waals surface area contributed by atoms with Crippen molar-refractivity contribution in [3.63, 3.8) is 0 Å². The van der Waals surface area contributed by atoms with Crippen LogP contribution in [-0.2, 0) is 0 Å². The third-order valence-corrected chi connectivity index (χ3v) is 3.08. The molecule has 0 aromatic carbocycles. The quantitative estimate of drug-likeness (QED) is 0.707. The molecule has 4 heteroatoms. The van der Waals surface area contributed by atoms with E-state index in [-0.39, 0.29) is 11.6 Å². The maximum atomic E-state index is 11.5. The molecule has 1 rings (SSSR count). The Kier molecular flexibility index (Phi) is 3.75. The van der Waals surface area contributed by atoms with Crippen LogP contribution in [0, 0.1) is 0 Å². The molecule has 0 aromatic heterocycles. The van der Waals surface area contributed by atoms with Gasteiger partial charge in [0.2, 0.25) is 0 Å². The molecular weight excluding hydrogens is 178 g/mol. The van der Waals surface area contributed by atoms with Crippen molar-refractivity contribution >= 4 is 6.03 Å². The number of carbonyl (C=O) groups excluding carboxylic acids is 1. The van der Waals surface area contributed by atoms with Crippen LogP contribution < -0.4 is 11.1 Å². The number of carbonyl (C=O) groups is 1. The van der Waals surface area contributed by atoms with E-state index >= 15 is 0 Å². The standard InChI is InChI=1S/C10H21N3O/c1-3-10(11,4-2)8-13-7-5-6-12-9(13)14/h3-8,11H2,1-2H3,(H,12,14). The number of amides is 2. The summed E-state index contributed by atoms with van der Waals surface area (Å²) < 4.78 is 0. The monoisotopic (exact) mass is 199 g/mol. The summed E-state index contributed by atoms with van der Waals surface area (Å²) in [4.78, 5) is 13.3. The van der Waals surface area contributed by atoms with E-state index in [1.54, 1.807) is 0 Å². The van der Waals surface area contributed by atoms with Gasteiger partial charge in [0, 0.05) is 25.2 Å². The van der Waals surface area contributed by atoms with Gasteiger partial charge in [-0.15, -0.1) is 0 Å². The molecule has 0 saturated carbocycles. The highest BCUT2D eigenvalue weighted by Gasteiger charge is 2.27. The summed E-state index contributed by atoms with van der Waals surface area (Å²) >= 11 is 0. The minimum atomic E-state index is -0.214. The summed E-state index contributed by atoms with van der Waals surface area (Å²) in [7, 11) is 0. The Labute approximate surface area is 85.8 Å². The molecule has 0 bridgehead atoms. The smallest absolute Gasteiger partial charge is 0.317 e. The van der Waals surface area contributed by atoms with Crippen LogP contribution in [0.15, 0.2) is 0 Å². The Balaban J connectivity index is 2.52. The first-order valence-electron chi connectivity index (χ1n) is 5.43. The van der Waals surface area contributed by atoms with Crippen LogP contribution in [0.25, 0.3) is 0 Å². The fraction of sp³-hybridized carbons (Fsp3) is 0.900. The van der Waals surface area contributed by atoms with Gasteiger partial charge in [-0.2, -0.15) is 0 Å². The molecule has 0 unspecified atom stereocenters. The minimum absolute atomic E-state index is 0.0352. The normalized spacial score (nSPS) is 18.2. The molecule has 4 nitrogen and oxygen atoms in total. The number of hydrogen-bond acceptors (Lipinski definition) is 2. The second-order valence-corrected chi connectivity index (χ2v) is 4.08. The summed E-state index contributed by atoms with van der Waals surface area (Å²) in [6.45, 7) is 6.46. The van der Waals surface area contributed by atoms with Crippen molar-refractivity contribution in [1.82, 2.24) is 10.2 Å². The van der Waals surface area contributed by atoms with Gasteiger partial charge in [0.1, 0.15) is 0 Å². The van der Waals surface area contributed by atoms with Crippen LogP contribution >= 0.6 is 0 Å². The molecular formula is C10H21N3O. The van der Waals surface area contributed by atoms with Gasteiger partial charge in [0.05, 0.1) is 0 Å². The van der Waals surface area contributed by atoms with Crippen LogP contribution in [0.4, 0.5) is 4.79 Å². The molecule has 2 amide bonds. The maximum Gasteiger partial charge on any atom is 0.317 e. The Bertz CT molecular complexity index is 202. The number of nitrogens with two attached hydrogens (primary N) is 1. The molecule has 1 saturated heterocycles. The van der Waals surface area contributed by atoms with Gasteiger partial charge in [-0.3, -0.25) is 0 Å². The summed E-state index contributed by atoms with van der Waals surface area (Å²) in [5, 5.41) is 2.83. The lowest BCUT2D eigenvalue weighted by atomic mass is 9.93. The third-order valence-electron chi connectivity index (χ3n) is 3.08. The fourth-order valence-electron chi connectivity index (χ4n) is 1.68. The van der Waals surface area contributed by atoms with Gasteiger partial charge < -0.3 is 16.0 Å². The van der Waals surface area contributed by atoms with E-state index in [2.05, 4.69) is 19.2 Å². The third kappa shape index (κ3) is 2.61.